The van der Waals surface area contributed by atoms with Crippen molar-refractivity contribution in [1.82, 2.24) is 25.1 Å². The molecule has 0 saturated heterocycles. The van der Waals surface area contributed by atoms with Crippen LogP contribution in [0, 0.1) is 0 Å². The summed E-state index contributed by atoms with van der Waals surface area (Å²) in [6.45, 7) is 6.02. The lowest BCUT2D eigenvalue weighted by atomic mass is 9.95. The van der Waals surface area contributed by atoms with Gasteiger partial charge in [-0.05, 0) is 38.8 Å². The van der Waals surface area contributed by atoms with Gasteiger partial charge in [0.1, 0.15) is 5.82 Å². The van der Waals surface area contributed by atoms with Crippen LogP contribution in [0.15, 0.2) is 12.1 Å². The summed E-state index contributed by atoms with van der Waals surface area (Å²) >= 11 is 0. The van der Waals surface area contributed by atoms with Crippen molar-refractivity contribution >= 4 is 17.4 Å². The van der Waals surface area contributed by atoms with E-state index in [1.165, 1.54) is 19.3 Å². The van der Waals surface area contributed by atoms with Crippen LogP contribution in [0.25, 0.3) is 5.65 Å². The molecule has 0 spiro atoms. The van der Waals surface area contributed by atoms with E-state index in [1.54, 1.807) is 4.52 Å². The van der Waals surface area contributed by atoms with E-state index in [0.29, 0.717) is 18.9 Å². The van der Waals surface area contributed by atoms with Crippen molar-refractivity contribution in [2.24, 2.45) is 0 Å². The van der Waals surface area contributed by atoms with Gasteiger partial charge in [-0.1, -0.05) is 19.3 Å². The van der Waals surface area contributed by atoms with Crippen molar-refractivity contribution in [2.75, 3.05) is 18.0 Å². The third kappa shape index (κ3) is 4.27. The predicted octanol–water partition coefficient (Wildman–Crippen LogP) is 2.35. The topological polar surface area (TPSA) is 75.4 Å². The molecule has 1 aliphatic carbocycles. The van der Waals surface area contributed by atoms with Gasteiger partial charge in [0.05, 0.1) is 0 Å². The van der Waals surface area contributed by atoms with Crippen molar-refractivity contribution in [3.05, 3.63) is 18.0 Å². The van der Waals surface area contributed by atoms with E-state index in [1.807, 2.05) is 12.1 Å². The van der Waals surface area contributed by atoms with Crippen molar-refractivity contribution in [3.8, 4) is 0 Å². The van der Waals surface area contributed by atoms with Gasteiger partial charge in [-0.15, -0.1) is 15.3 Å². The molecule has 1 N–H and O–H groups in total. The Morgan fingerprint density at radius 3 is 2.68 bits per heavy atom. The summed E-state index contributed by atoms with van der Waals surface area (Å²) in [5, 5.41) is 16.2. The van der Waals surface area contributed by atoms with Crippen LogP contribution >= 0.6 is 0 Å². The van der Waals surface area contributed by atoms with Gasteiger partial charge in [-0.3, -0.25) is 4.79 Å². The average Bonchev–Trinajstić information content (AvgIpc) is 3.04. The van der Waals surface area contributed by atoms with E-state index in [0.717, 1.165) is 43.2 Å². The van der Waals surface area contributed by atoms with Crippen LogP contribution in [0.1, 0.15) is 58.2 Å². The Morgan fingerprint density at radius 1 is 1.20 bits per heavy atom. The number of carbonyl (C=O) groups is 1. The first-order chi connectivity index (χ1) is 12.2. The SMILES string of the molecule is CCN(CC)c1ccc2nnc(CCC(=O)NC3CCCCC3)n2n1. The second kappa shape index (κ2) is 8.27. The summed E-state index contributed by atoms with van der Waals surface area (Å²) in [6.07, 6.45) is 6.92. The Hall–Kier alpha value is -2.18. The van der Waals surface area contributed by atoms with Gasteiger partial charge in [0.25, 0.3) is 0 Å². The van der Waals surface area contributed by atoms with Gasteiger partial charge in [-0.25, -0.2) is 0 Å². The number of nitrogens with one attached hydrogen (secondary N) is 1. The molecule has 0 bridgehead atoms. The molecule has 136 valence electrons. The molecule has 0 unspecified atom stereocenters. The number of amides is 1. The van der Waals surface area contributed by atoms with Crippen molar-refractivity contribution in [3.63, 3.8) is 0 Å². The Kier molecular flexibility index (Phi) is 5.83. The first kappa shape index (κ1) is 17.6. The van der Waals surface area contributed by atoms with Crippen LogP contribution in [-0.2, 0) is 11.2 Å². The number of nitrogens with zero attached hydrogens (tertiary/aromatic N) is 5. The lowest BCUT2D eigenvalue weighted by Gasteiger charge is -2.22. The third-order valence-corrected chi connectivity index (χ3v) is 4.95. The molecule has 1 aliphatic rings. The molecule has 2 heterocycles. The second-order valence-electron chi connectivity index (χ2n) is 6.65. The second-order valence-corrected chi connectivity index (χ2v) is 6.65. The lowest BCUT2D eigenvalue weighted by Crippen LogP contribution is -2.36. The predicted molar refractivity (Wildman–Crippen MR) is 97.7 cm³/mol. The molecule has 0 radical (unpaired) electrons. The van der Waals surface area contributed by atoms with Crippen LogP contribution in [0.4, 0.5) is 5.82 Å². The molecule has 3 rings (SSSR count). The number of fused-ring (bicyclic) bond motifs is 1. The average molecular weight is 344 g/mol. The van der Waals surface area contributed by atoms with Gasteiger partial charge in [0.2, 0.25) is 5.91 Å². The molecule has 2 aromatic heterocycles. The summed E-state index contributed by atoms with van der Waals surface area (Å²) in [4.78, 5) is 14.4. The Balaban J connectivity index is 1.64. The quantitative estimate of drug-likeness (QED) is 0.834. The van der Waals surface area contributed by atoms with Gasteiger partial charge in [0, 0.05) is 32.0 Å². The molecule has 25 heavy (non-hydrogen) atoms. The van der Waals surface area contributed by atoms with Crippen molar-refractivity contribution < 1.29 is 4.79 Å². The minimum atomic E-state index is 0.101. The highest BCUT2D eigenvalue weighted by Gasteiger charge is 2.17. The molecular formula is C18H28N6O. The van der Waals surface area contributed by atoms with E-state index >= 15 is 0 Å². The molecule has 1 amide bonds. The maximum Gasteiger partial charge on any atom is 0.220 e. The van der Waals surface area contributed by atoms with E-state index in [-0.39, 0.29) is 5.91 Å². The molecule has 0 aromatic carbocycles. The zero-order valence-corrected chi connectivity index (χ0v) is 15.2. The highest BCUT2D eigenvalue weighted by molar-refractivity contribution is 5.76. The molecule has 7 nitrogen and oxygen atoms in total. The number of hydrogen-bond donors (Lipinski definition) is 1. The standard InChI is InChI=1S/C18H28N6O/c1-3-23(4-2)17-11-10-15-20-21-16(24(15)22-17)12-13-18(25)19-14-8-6-5-7-9-14/h10-11,14H,3-9,12-13H2,1-2H3,(H,19,25). The van der Waals surface area contributed by atoms with Crippen LogP contribution < -0.4 is 10.2 Å². The van der Waals surface area contributed by atoms with Crippen LogP contribution in [0.2, 0.25) is 0 Å². The molecule has 1 fully saturated rings. The zero-order valence-electron chi connectivity index (χ0n) is 15.2. The Labute approximate surface area is 148 Å². The number of anilines is 1. The molecule has 7 heteroatoms. The van der Waals surface area contributed by atoms with Crippen molar-refractivity contribution in [1.29, 1.82) is 0 Å². The number of aromatic nitrogens is 4. The normalized spacial score (nSPS) is 15.4. The minimum Gasteiger partial charge on any atom is -0.356 e. The summed E-state index contributed by atoms with van der Waals surface area (Å²) in [7, 11) is 0. The summed E-state index contributed by atoms with van der Waals surface area (Å²) in [6, 6.07) is 4.25. The Bertz CT molecular complexity index is 703. The monoisotopic (exact) mass is 344 g/mol. The van der Waals surface area contributed by atoms with Gasteiger partial charge in [-0.2, -0.15) is 4.52 Å². The van der Waals surface area contributed by atoms with Crippen LogP contribution in [0.3, 0.4) is 0 Å². The number of carbonyl (C=O) groups excluding carboxylic acids is 1. The molecule has 0 aliphatic heterocycles. The fraction of sp³-hybridized carbons (Fsp3) is 0.667. The lowest BCUT2D eigenvalue weighted by molar-refractivity contribution is -0.122. The number of rotatable bonds is 7. The summed E-state index contributed by atoms with van der Waals surface area (Å²) in [5.74, 6) is 1.75. The number of hydrogen-bond acceptors (Lipinski definition) is 5. The van der Waals surface area contributed by atoms with Crippen LogP contribution in [-0.4, -0.2) is 44.8 Å². The largest absolute Gasteiger partial charge is 0.356 e. The van der Waals surface area contributed by atoms with E-state index < -0.39 is 0 Å². The fourth-order valence-corrected chi connectivity index (χ4v) is 3.47. The van der Waals surface area contributed by atoms with Crippen LogP contribution in [0.5, 0.6) is 0 Å². The molecule has 2 aromatic rings. The van der Waals surface area contributed by atoms with Gasteiger partial charge in [0.15, 0.2) is 11.5 Å². The smallest absolute Gasteiger partial charge is 0.220 e. The third-order valence-electron chi connectivity index (χ3n) is 4.95. The van der Waals surface area contributed by atoms with E-state index in [9.17, 15) is 4.79 Å². The minimum absolute atomic E-state index is 0.101. The van der Waals surface area contributed by atoms with E-state index in [2.05, 4.69) is 39.4 Å². The van der Waals surface area contributed by atoms with E-state index in [4.69, 9.17) is 0 Å². The summed E-state index contributed by atoms with van der Waals surface area (Å²) < 4.78 is 1.77. The van der Waals surface area contributed by atoms with Gasteiger partial charge >= 0.3 is 0 Å². The fourth-order valence-electron chi connectivity index (χ4n) is 3.47. The molecule has 1 saturated carbocycles. The molecular weight excluding hydrogens is 316 g/mol. The highest BCUT2D eigenvalue weighted by atomic mass is 16.1. The van der Waals surface area contributed by atoms with Gasteiger partial charge < -0.3 is 10.2 Å². The van der Waals surface area contributed by atoms with Crippen molar-refractivity contribution in [2.45, 2.75) is 64.8 Å². The maximum absolute atomic E-state index is 12.2. The zero-order chi connectivity index (χ0) is 17.6. The molecule has 0 atom stereocenters. The highest BCUT2D eigenvalue weighted by Crippen LogP contribution is 2.17. The first-order valence-electron chi connectivity index (χ1n) is 9.47. The Morgan fingerprint density at radius 2 is 1.96 bits per heavy atom. The summed E-state index contributed by atoms with van der Waals surface area (Å²) in [5.41, 5.74) is 0.721. The number of aryl methyl sites for hydroxylation is 1. The maximum atomic E-state index is 12.2. The first-order valence-corrected chi connectivity index (χ1v) is 9.47.